The third kappa shape index (κ3) is 2.62. The lowest BCUT2D eigenvalue weighted by Crippen LogP contribution is -2.20. The van der Waals surface area contributed by atoms with Crippen molar-refractivity contribution in [3.63, 3.8) is 0 Å². The molecule has 3 aromatic rings. The summed E-state index contributed by atoms with van der Waals surface area (Å²) in [5.41, 5.74) is 8.90. The van der Waals surface area contributed by atoms with Crippen LogP contribution in [0.5, 0.6) is 0 Å². The fraction of sp³-hybridized carbons (Fsp3) is 0. The Hall–Kier alpha value is -3.28. The van der Waals surface area contributed by atoms with Crippen molar-refractivity contribution in [2.75, 3.05) is 0 Å². The van der Waals surface area contributed by atoms with Crippen molar-refractivity contribution in [2.24, 2.45) is 16.7 Å². The summed E-state index contributed by atoms with van der Waals surface area (Å²) in [6.07, 6.45) is 0. The summed E-state index contributed by atoms with van der Waals surface area (Å²) in [4.78, 5) is 4.48. The van der Waals surface area contributed by atoms with Gasteiger partial charge in [-0.3, -0.25) is 0 Å². The molecule has 0 aliphatic heterocycles. The van der Waals surface area contributed by atoms with E-state index in [4.69, 9.17) is 11.6 Å². The van der Waals surface area contributed by atoms with E-state index in [1.54, 1.807) is 0 Å². The van der Waals surface area contributed by atoms with E-state index in [-0.39, 0.29) is 11.7 Å². The summed E-state index contributed by atoms with van der Waals surface area (Å²) in [5.74, 6) is 5.45. The largest absolute Gasteiger partial charge is 0.379 e. The average Bonchev–Trinajstić information content (AvgIpc) is 2.62. The molecule has 0 aliphatic carbocycles. The van der Waals surface area contributed by atoms with Crippen molar-refractivity contribution in [3.8, 4) is 22.5 Å². The molecular formula is C16H14N6. The molecule has 0 atom stereocenters. The lowest BCUT2D eigenvalue weighted by atomic mass is 10.0. The van der Waals surface area contributed by atoms with Crippen LogP contribution >= 0.6 is 0 Å². The Labute approximate surface area is 127 Å². The molecule has 0 aliphatic rings. The maximum atomic E-state index is 5.69. The fourth-order valence-electron chi connectivity index (χ4n) is 2.08. The first kappa shape index (κ1) is 13.7. The molecule has 0 saturated carbocycles. The second-order valence-corrected chi connectivity index (χ2v) is 4.58. The maximum absolute atomic E-state index is 5.69. The smallest absolute Gasteiger partial charge is 0.219 e. The van der Waals surface area contributed by atoms with Crippen LogP contribution in [-0.4, -0.2) is 21.0 Å². The summed E-state index contributed by atoms with van der Waals surface area (Å²) >= 11 is 0. The van der Waals surface area contributed by atoms with Gasteiger partial charge < -0.3 is 11.6 Å². The molecule has 6 nitrogen and oxygen atoms in total. The van der Waals surface area contributed by atoms with Crippen LogP contribution in [0, 0.1) is 0 Å². The molecule has 0 fully saturated rings. The highest BCUT2D eigenvalue weighted by Crippen LogP contribution is 2.27. The molecule has 0 amide bonds. The van der Waals surface area contributed by atoms with Gasteiger partial charge in [-0.1, -0.05) is 60.7 Å². The van der Waals surface area contributed by atoms with Gasteiger partial charge in [0, 0.05) is 11.1 Å². The van der Waals surface area contributed by atoms with Crippen LogP contribution in [0.25, 0.3) is 22.5 Å². The number of nitrogens with zero attached hydrogens (tertiary/aromatic N) is 4. The zero-order valence-electron chi connectivity index (χ0n) is 11.7. The first-order valence-corrected chi connectivity index (χ1v) is 6.69. The number of hydrogen-bond acceptors (Lipinski definition) is 5. The summed E-state index contributed by atoms with van der Waals surface area (Å²) in [7, 11) is 0. The van der Waals surface area contributed by atoms with Gasteiger partial charge in [-0.25, -0.2) is 4.98 Å². The van der Waals surface area contributed by atoms with E-state index in [1.807, 2.05) is 60.7 Å². The van der Waals surface area contributed by atoms with Crippen LogP contribution in [0.1, 0.15) is 5.82 Å². The van der Waals surface area contributed by atoms with Gasteiger partial charge >= 0.3 is 0 Å². The quantitative estimate of drug-likeness (QED) is 0.331. The first-order chi connectivity index (χ1) is 10.8. The van der Waals surface area contributed by atoms with E-state index in [2.05, 4.69) is 20.3 Å². The molecule has 108 valence electrons. The zero-order valence-corrected chi connectivity index (χ0v) is 11.7. The summed E-state index contributed by atoms with van der Waals surface area (Å²) < 4.78 is 0. The SMILES string of the molecule is N/N=C(\N)c1nnc(-c2ccccc2)c(-c2ccccc2)n1. The van der Waals surface area contributed by atoms with Crippen LogP contribution in [0.15, 0.2) is 65.8 Å². The lowest BCUT2D eigenvalue weighted by molar-refractivity contribution is 0.955. The monoisotopic (exact) mass is 290 g/mol. The van der Waals surface area contributed by atoms with Crippen LogP contribution < -0.4 is 11.6 Å². The molecule has 0 saturated heterocycles. The third-order valence-corrected chi connectivity index (χ3v) is 3.15. The standard InChI is InChI=1S/C16H14N6/c17-15(20-18)16-19-13(11-7-3-1-4-8-11)14(21-22-16)12-9-5-2-6-10-12/h1-10H,18H2,(H2,17,20). The van der Waals surface area contributed by atoms with Crippen molar-refractivity contribution < 1.29 is 0 Å². The molecule has 1 aromatic heterocycles. The first-order valence-electron chi connectivity index (χ1n) is 6.69. The summed E-state index contributed by atoms with van der Waals surface area (Å²) in [6.45, 7) is 0. The van der Waals surface area contributed by atoms with E-state index >= 15 is 0 Å². The van der Waals surface area contributed by atoms with Crippen LogP contribution in [0.2, 0.25) is 0 Å². The molecule has 0 bridgehead atoms. The van der Waals surface area contributed by atoms with Crippen molar-refractivity contribution in [3.05, 3.63) is 66.5 Å². The molecular weight excluding hydrogens is 276 g/mol. The van der Waals surface area contributed by atoms with Crippen molar-refractivity contribution in [1.82, 2.24) is 15.2 Å². The van der Waals surface area contributed by atoms with Gasteiger partial charge in [-0.2, -0.15) is 5.10 Å². The van der Waals surface area contributed by atoms with E-state index in [1.165, 1.54) is 0 Å². The fourth-order valence-corrected chi connectivity index (χ4v) is 2.08. The Morgan fingerprint density at radius 1 is 0.773 bits per heavy atom. The van der Waals surface area contributed by atoms with Crippen LogP contribution in [-0.2, 0) is 0 Å². The highest BCUT2D eigenvalue weighted by molar-refractivity contribution is 5.94. The molecule has 0 spiro atoms. The number of nitrogens with two attached hydrogens (primary N) is 2. The van der Waals surface area contributed by atoms with E-state index < -0.39 is 0 Å². The van der Waals surface area contributed by atoms with Gasteiger partial charge in [0.1, 0.15) is 11.4 Å². The number of hydrazone groups is 1. The van der Waals surface area contributed by atoms with E-state index in [9.17, 15) is 0 Å². The van der Waals surface area contributed by atoms with Crippen molar-refractivity contribution in [2.45, 2.75) is 0 Å². The molecule has 3 rings (SSSR count). The van der Waals surface area contributed by atoms with Crippen LogP contribution in [0.3, 0.4) is 0 Å². The Morgan fingerprint density at radius 3 is 1.86 bits per heavy atom. The van der Waals surface area contributed by atoms with E-state index in [0.29, 0.717) is 11.4 Å². The van der Waals surface area contributed by atoms with Crippen molar-refractivity contribution >= 4 is 5.84 Å². The minimum Gasteiger partial charge on any atom is -0.379 e. The minimum atomic E-state index is 0.0456. The van der Waals surface area contributed by atoms with Gasteiger partial charge in [0.25, 0.3) is 0 Å². The normalized spacial score (nSPS) is 11.4. The Bertz CT molecular complexity index is 799. The number of amidine groups is 1. The molecule has 0 radical (unpaired) electrons. The summed E-state index contributed by atoms with van der Waals surface area (Å²) in [6, 6.07) is 19.5. The molecule has 0 unspecified atom stereocenters. The van der Waals surface area contributed by atoms with Gasteiger partial charge in [0.2, 0.25) is 5.82 Å². The molecule has 6 heteroatoms. The van der Waals surface area contributed by atoms with Gasteiger partial charge in [0.15, 0.2) is 5.84 Å². The number of benzene rings is 2. The number of aromatic nitrogens is 3. The van der Waals surface area contributed by atoms with Crippen LogP contribution in [0.4, 0.5) is 0 Å². The summed E-state index contributed by atoms with van der Waals surface area (Å²) in [5, 5.41) is 11.7. The van der Waals surface area contributed by atoms with E-state index in [0.717, 1.165) is 11.1 Å². The second-order valence-electron chi connectivity index (χ2n) is 4.58. The minimum absolute atomic E-state index is 0.0456. The van der Waals surface area contributed by atoms with Gasteiger partial charge in [0.05, 0.1) is 0 Å². The zero-order chi connectivity index (χ0) is 15.4. The Balaban J connectivity index is 2.22. The molecule has 2 aromatic carbocycles. The van der Waals surface area contributed by atoms with Crippen molar-refractivity contribution in [1.29, 1.82) is 0 Å². The maximum Gasteiger partial charge on any atom is 0.219 e. The average molecular weight is 290 g/mol. The molecule has 1 heterocycles. The molecule has 22 heavy (non-hydrogen) atoms. The topological polar surface area (TPSA) is 103 Å². The Morgan fingerprint density at radius 2 is 1.32 bits per heavy atom. The lowest BCUT2D eigenvalue weighted by Gasteiger charge is -2.09. The number of rotatable bonds is 3. The number of hydrogen-bond donors (Lipinski definition) is 2. The third-order valence-electron chi connectivity index (χ3n) is 3.15. The van der Waals surface area contributed by atoms with Gasteiger partial charge in [-0.15, -0.1) is 10.2 Å². The predicted molar refractivity (Wildman–Crippen MR) is 85.6 cm³/mol. The predicted octanol–water partition coefficient (Wildman–Crippen LogP) is 1.78. The highest BCUT2D eigenvalue weighted by atomic mass is 15.2. The Kier molecular flexibility index (Phi) is 3.74. The highest BCUT2D eigenvalue weighted by Gasteiger charge is 2.14. The second kappa shape index (κ2) is 6.01. The molecule has 4 N–H and O–H groups in total. The van der Waals surface area contributed by atoms with Gasteiger partial charge in [-0.05, 0) is 0 Å².